The molecule has 0 aliphatic carbocycles. The van der Waals surface area contributed by atoms with Gasteiger partial charge in [0.1, 0.15) is 0 Å². The van der Waals surface area contributed by atoms with E-state index in [4.69, 9.17) is 4.74 Å². The highest BCUT2D eigenvalue weighted by atomic mass is 16.5. The Bertz CT molecular complexity index is 988. The average Bonchev–Trinajstić information content (AvgIpc) is 2.88. The summed E-state index contributed by atoms with van der Waals surface area (Å²) in [6, 6.07) is 19.4. The number of carbonyl (C=O) groups excluding carboxylic acids is 1. The number of ether oxygens (including phenoxy) is 1. The van der Waals surface area contributed by atoms with Gasteiger partial charge in [0, 0.05) is 44.2 Å². The van der Waals surface area contributed by atoms with Crippen molar-refractivity contribution in [1.82, 2.24) is 14.7 Å². The van der Waals surface area contributed by atoms with Crippen molar-refractivity contribution in [1.29, 1.82) is 0 Å². The van der Waals surface area contributed by atoms with Crippen LogP contribution in [-0.2, 0) is 9.53 Å². The molecular formula is C29H37N3O3. The van der Waals surface area contributed by atoms with Crippen molar-refractivity contribution in [2.45, 2.75) is 30.8 Å². The predicted molar refractivity (Wildman–Crippen MR) is 139 cm³/mol. The summed E-state index contributed by atoms with van der Waals surface area (Å²) in [4.78, 5) is 19.9. The maximum absolute atomic E-state index is 13.2. The Kier molecular flexibility index (Phi) is 7.94. The Labute approximate surface area is 208 Å². The molecule has 1 amide bonds. The summed E-state index contributed by atoms with van der Waals surface area (Å²) in [5, 5.41) is 10.2. The number of benzene rings is 2. The van der Waals surface area contributed by atoms with Crippen molar-refractivity contribution in [3.05, 3.63) is 71.3 Å². The van der Waals surface area contributed by atoms with E-state index in [1.165, 1.54) is 11.1 Å². The summed E-state index contributed by atoms with van der Waals surface area (Å²) in [7, 11) is 0. The van der Waals surface area contributed by atoms with Gasteiger partial charge in [-0.25, -0.2) is 0 Å². The molecule has 0 unspecified atom stereocenters. The van der Waals surface area contributed by atoms with Crippen molar-refractivity contribution in [3.63, 3.8) is 0 Å². The van der Waals surface area contributed by atoms with E-state index in [1.807, 2.05) is 18.2 Å². The minimum absolute atomic E-state index is 0.125. The van der Waals surface area contributed by atoms with Crippen LogP contribution in [0.25, 0.3) is 12.2 Å². The minimum atomic E-state index is 0.125. The van der Waals surface area contributed by atoms with Gasteiger partial charge in [0.25, 0.3) is 0 Å². The molecule has 0 saturated carbocycles. The smallest absolute Gasteiger partial charge is 0.236 e. The lowest BCUT2D eigenvalue weighted by atomic mass is 9.74. The van der Waals surface area contributed by atoms with E-state index in [9.17, 15) is 9.90 Å². The molecule has 0 bridgehead atoms. The molecular weight excluding hydrogens is 438 g/mol. The number of hydrogen-bond donors (Lipinski definition) is 1. The number of aliphatic hydroxyl groups is 1. The lowest BCUT2D eigenvalue weighted by Crippen LogP contribution is -2.68. The van der Waals surface area contributed by atoms with E-state index in [-0.39, 0.29) is 30.5 Å². The summed E-state index contributed by atoms with van der Waals surface area (Å²) in [6.07, 6.45) is 6.34. The third-order valence-electron chi connectivity index (χ3n) is 7.77. The number of aliphatic hydroxyl groups excluding tert-OH is 1. The number of rotatable bonds is 6. The standard InChI is InChI=1S/C29H37N3O3/c33-22-27-29(25-12-10-24(11-13-25)9-8-23-6-2-1-3-7-23)26-20-31(14-4-5-15-32(26)27)28(34)21-30-16-18-35-19-17-30/h1-3,6-13,26-27,29,33H,4-5,14-22H2/b9-8+/t26-,27-,29-/m1/s1. The van der Waals surface area contributed by atoms with Crippen LogP contribution in [0.5, 0.6) is 0 Å². The minimum Gasteiger partial charge on any atom is -0.395 e. The van der Waals surface area contributed by atoms with E-state index >= 15 is 0 Å². The lowest BCUT2D eigenvalue weighted by Gasteiger charge is -2.57. The zero-order valence-corrected chi connectivity index (χ0v) is 20.5. The number of morpholine rings is 1. The highest BCUT2D eigenvalue weighted by molar-refractivity contribution is 5.78. The van der Waals surface area contributed by atoms with Gasteiger partial charge in [-0.2, -0.15) is 0 Å². The Balaban J connectivity index is 1.28. The molecule has 2 aromatic carbocycles. The third kappa shape index (κ3) is 5.67. The first-order chi connectivity index (χ1) is 17.2. The summed E-state index contributed by atoms with van der Waals surface area (Å²) >= 11 is 0. The molecule has 6 heteroatoms. The topological polar surface area (TPSA) is 56.2 Å². The molecule has 2 aromatic rings. The van der Waals surface area contributed by atoms with Crippen LogP contribution in [0.4, 0.5) is 0 Å². The molecule has 0 spiro atoms. The van der Waals surface area contributed by atoms with Crippen LogP contribution in [0.1, 0.15) is 35.4 Å². The van der Waals surface area contributed by atoms with Gasteiger partial charge in [-0.05, 0) is 36.1 Å². The number of hydrogen-bond acceptors (Lipinski definition) is 5. The molecule has 1 N–H and O–H groups in total. The molecule has 3 aliphatic rings. The first-order valence-electron chi connectivity index (χ1n) is 13.0. The molecule has 3 heterocycles. The quantitative estimate of drug-likeness (QED) is 0.651. The number of fused-ring (bicyclic) bond motifs is 1. The van der Waals surface area contributed by atoms with E-state index in [2.05, 4.69) is 63.2 Å². The van der Waals surface area contributed by atoms with Gasteiger partial charge in [-0.1, -0.05) is 66.7 Å². The van der Waals surface area contributed by atoms with Crippen LogP contribution in [0.3, 0.4) is 0 Å². The van der Waals surface area contributed by atoms with E-state index < -0.39 is 0 Å². The Morgan fingerprint density at radius 3 is 2.31 bits per heavy atom. The fraction of sp³-hybridized carbons (Fsp3) is 0.483. The number of nitrogens with zero attached hydrogens (tertiary/aromatic N) is 3. The fourth-order valence-electron chi connectivity index (χ4n) is 5.80. The predicted octanol–water partition coefficient (Wildman–Crippen LogP) is 2.94. The normalized spacial score (nSPS) is 26.1. The molecule has 35 heavy (non-hydrogen) atoms. The van der Waals surface area contributed by atoms with Crippen LogP contribution in [0.15, 0.2) is 54.6 Å². The zero-order chi connectivity index (χ0) is 24.0. The largest absolute Gasteiger partial charge is 0.395 e. The molecule has 6 nitrogen and oxygen atoms in total. The first kappa shape index (κ1) is 24.2. The second-order valence-electron chi connectivity index (χ2n) is 9.93. The van der Waals surface area contributed by atoms with Crippen molar-refractivity contribution in [2.75, 3.05) is 59.1 Å². The fourth-order valence-corrected chi connectivity index (χ4v) is 5.80. The van der Waals surface area contributed by atoms with Crippen LogP contribution in [0, 0.1) is 0 Å². The maximum atomic E-state index is 13.2. The van der Waals surface area contributed by atoms with Gasteiger partial charge in [-0.3, -0.25) is 14.6 Å². The van der Waals surface area contributed by atoms with Crippen molar-refractivity contribution < 1.29 is 14.6 Å². The molecule has 3 fully saturated rings. The average molecular weight is 476 g/mol. The number of carbonyl (C=O) groups is 1. The summed E-state index contributed by atoms with van der Waals surface area (Å²) < 4.78 is 5.44. The van der Waals surface area contributed by atoms with E-state index in [0.29, 0.717) is 19.8 Å². The SMILES string of the molecule is O=C(CN1CCOCC1)N1CCCCN2[C@H](CO)[C@H](c3ccc(/C=C/c4ccccc4)cc3)[C@H]2C1. The first-order valence-corrected chi connectivity index (χ1v) is 13.0. The summed E-state index contributed by atoms with van der Waals surface area (Å²) in [6.45, 7) is 6.26. The van der Waals surface area contributed by atoms with Crippen molar-refractivity contribution in [3.8, 4) is 0 Å². The van der Waals surface area contributed by atoms with Crippen LogP contribution < -0.4 is 0 Å². The number of amides is 1. The lowest BCUT2D eigenvalue weighted by molar-refractivity contribution is -0.138. The highest BCUT2D eigenvalue weighted by Gasteiger charge is 2.49. The molecule has 3 saturated heterocycles. The summed E-state index contributed by atoms with van der Waals surface area (Å²) in [5.41, 5.74) is 3.60. The molecule has 0 radical (unpaired) electrons. The Morgan fingerprint density at radius 2 is 1.60 bits per heavy atom. The second kappa shape index (κ2) is 11.5. The van der Waals surface area contributed by atoms with Gasteiger partial charge >= 0.3 is 0 Å². The third-order valence-corrected chi connectivity index (χ3v) is 7.77. The molecule has 5 rings (SSSR count). The second-order valence-corrected chi connectivity index (χ2v) is 9.93. The van der Waals surface area contributed by atoms with Crippen LogP contribution in [0.2, 0.25) is 0 Å². The van der Waals surface area contributed by atoms with Crippen molar-refractivity contribution in [2.24, 2.45) is 0 Å². The van der Waals surface area contributed by atoms with E-state index in [0.717, 1.165) is 51.1 Å². The van der Waals surface area contributed by atoms with Crippen molar-refractivity contribution >= 4 is 18.1 Å². The molecule has 186 valence electrons. The van der Waals surface area contributed by atoms with Crippen LogP contribution >= 0.6 is 0 Å². The molecule has 3 aliphatic heterocycles. The molecule has 0 aromatic heterocycles. The van der Waals surface area contributed by atoms with Gasteiger partial charge in [0.15, 0.2) is 0 Å². The monoisotopic (exact) mass is 475 g/mol. The maximum Gasteiger partial charge on any atom is 0.236 e. The van der Waals surface area contributed by atoms with E-state index in [1.54, 1.807) is 0 Å². The highest BCUT2D eigenvalue weighted by Crippen LogP contribution is 2.42. The Morgan fingerprint density at radius 1 is 0.914 bits per heavy atom. The Hall–Kier alpha value is -2.51. The summed E-state index contributed by atoms with van der Waals surface area (Å²) in [5.74, 6) is 0.463. The van der Waals surface area contributed by atoms with Gasteiger partial charge in [0.2, 0.25) is 5.91 Å². The zero-order valence-electron chi connectivity index (χ0n) is 20.5. The molecule has 3 atom stereocenters. The van der Waals surface area contributed by atoms with Crippen LogP contribution in [-0.4, -0.2) is 96.9 Å². The van der Waals surface area contributed by atoms with Gasteiger partial charge in [0.05, 0.1) is 26.4 Å². The van der Waals surface area contributed by atoms with Gasteiger partial charge in [-0.15, -0.1) is 0 Å². The van der Waals surface area contributed by atoms with Gasteiger partial charge < -0.3 is 14.7 Å².